The fourth-order valence-electron chi connectivity index (χ4n) is 2.42. The molecule has 0 unspecified atom stereocenters. The quantitative estimate of drug-likeness (QED) is 0.884. The maximum Gasteiger partial charge on any atom is 0.202 e. The summed E-state index contributed by atoms with van der Waals surface area (Å²) >= 11 is 0. The SMILES string of the molecule is COc1cccc2c1C(=O)[C@H](O)[C@@H](c1ccc(O)cc1)O2. The fourth-order valence-corrected chi connectivity index (χ4v) is 2.42. The molecular formula is C16H14O5. The maximum absolute atomic E-state index is 12.4. The van der Waals surface area contributed by atoms with E-state index in [1.807, 2.05) is 0 Å². The van der Waals surface area contributed by atoms with Gasteiger partial charge >= 0.3 is 0 Å². The van der Waals surface area contributed by atoms with Gasteiger partial charge in [0.25, 0.3) is 0 Å². The molecule has 0 aliphatic carbocycles. The van der Waals surface area contributed by atoms with Gasteiger partial charge in [-0.1, -0.05) is 18.2 Å². The van der Waals surface area contributed by atoms with Crippen LogP contribution in [0.2, 0.25) is 0 Å². The van der Waals surface area contributed by atoms with Crippen molar-refractivity contribution in [1.29, 1.82) is 0 Å². The van der Waals surface area contributed by atoms with Crippen molar-refractivity contribution in [2.24, 2.45) is 0 Å². The molecule has 0 radical (unpaired) electrons. The molecule has 1 aliphatic heterocycles. The van der Waals surface area contributed by atoms with Gasteiger partial charge in [0, 0.05) is 0 Å². The summed E-state index contributed by atoms with van der Waals surface area (Å²) in [6.45, 7) is 0. The van der Waals surface area contributed by atoms with Gasteiger partial charge < -0.3 is 19.7 Å². The van der Waals surface area contributed by atoms with Crippen LogP contribution in [0, 0.1) is 0 Å². The number of hydrogen-bond donors (Lipinski definition) is 2. The highest BCUT2D eigenvalue weighted by molar-refractivity contribution is 6.05. The zero-order chi connectivity index (χ0) is 15.0. The van der Waals surface area contributed by atoms with Crippen LogP contribution in [0.5, 0.6) is 17.2 Å². The zero-order valence-electron chi connectivity index (χ0n) is 11.3. The Bertz CT molecular complexity index is 678. The maximum atomic E-state index is 12.4. The van der Waals surface area contributed by atoms with E-state index < -0.39 is 18.0 Å². The van der Waals surface area contributed by atoms with Gasteiger partial charge in [-0.2, -0.15) is 0 Å². The minimum absolute atomic E-state index is 0.109. The van der Waals surface area contributed by atoms with Crippen LogP contribution in [0.25, 0.3) is 0 Å². The summed E-state index contributed by atoms with van der Waals surface area (Å²) in [5, 5.41) is 19.5. The van der Waals surface area contributed by atoms with Crippen molar-refractivity contribution in [2.45, 2.75) is 12.2 Å². The molecule has 1 heterocycles. The van der Waals surface area contributed by atoms with Crippen molar-refractivity contribution >= 4 is 5.78 Å². The van der Waals surface area contributed by atoms with Crippen molar-refractivity contribution in [3.05, 3.63) is 53.6 Å². The molecule has 0 spiro atoms. The Morgan fingerprint density at radius 3 is 2.52 bits per heavy atom. The second-order valence-corrected chi connectivity index (χ2v) is 4.77. The van der Waals surface area contributed by atoms with E-state index in [1.165, 1.54) is 19.2 Å². The predicted molar refractivity (Wildman–Crippen MR) is 74.8 cm³/mol. The average Bonchev–Trinajstić information content (AvgIpc) is 2.51. The monoisotopic (exact) mass is 286 g/mol. The Kier molecular flexibility index (Phi) is 3.27. The Morgan fingerprint density at radius 2 is 1.86 bits per heavy atom. The molecule has 2 aromatic rings. The molecule has 1 aliphatic rings. The first-order chi connectivity index (χ1) is 10.1. The van der Waals surface area contributed by atoms with Crippen molar-refractivity contribution in [2.75, 3.05) is 7.11 Å². The zero-order valence-corrected chi connectivity index (χ0v) is 11.3. The number of carbonyl (C=O) groups is 1. The standard InChI is InChI=1S/C16H14O5/c1-20-11-3-2-4-12-13(11)14(18)15(19)16(21-12)9-5-7-10(17)8-6-9/h2-8,15-17,19H,1H3/t15-,16+/m0/s1. The molecule has 0 amide bonds. The van der Waals surface area contributed by atoms with E-state index in [1.54, 1.807) is 30.3 Å². The molecule has 5 nitrogen and oxygen atoms in total. The summed E-state index contributed by atoms with van der Waals surface area (Å²) in [7, 11) is 1.46. The molecule has 0 saturated heterocycles. The minimum Gasteiger partial charge on any atom is -0.508 e. The van der Waals surface area contributed by atoms with E-state index in [-0.39, 0.29) is 11.3 Å². The first-order valence-electron chi connectivity index (χ1n) is 6.46. The third kappa shape index (κ3) is 2.21. The summed E-state index contributed by atoms with van der Waals surface area (Å²) in [5.74, 6) is 0.424. The molecule has 2 N–H and O–H groups in total. The van der Waals surface area contributed by atoms with Gasteiger partial charge in [-0.3, -0.25) is 4.79 Å². The third-order valence-corrected chi connectivity index (χ3v) is 3.49. The van der Waals surface area contributed by atoms with Crippen LogP contribution in [0.1, 0.15) is 22.0 Å². The van der Waals surface area contributed by atoms with Crippen LogP contribution in [0.15, 0.2) is 42.5 Å². The average molecular weight is 286 g/mol. The molecule has 0 aromatic heterocycles. The van der Waals surface area contributed by atoms with E-state index in [9.17, 15) is 15.0 Å². The van der Waals surface area contributed by atoms with Crippen LogP contribution in [-0.2, 0) is 0 Å². The van der Waals surface area contributed by atoms with E-state index in [0.29, 0.717) is 17.1 Å². The lowest BCUT2D eigenvalue weighted by atomic mass is 9.93. The highest BCUT2D eigenvalue weighted by Gasteiger charge is 2.38. The number of carbonyl (C=O) groups excluding carboxylic acids is 1. The number of benzene rings is 2. The highest BCUT2D eigenvalue weighted by atomic mass is 16.5. The van der Waals surface area contributed by atoms with Crippen LogP contribution in [0.4, 0.5) is 0 Å². The first-order valence-corrected chi connectivity index (χ1v) is 6.46. The Morgan fingerprint density at radius 1 is 1.14 bits per heavy atom. The van der Waals surface area contributed by atoms with Gasteiger partial charge in [0.1, 0.15) is 22.8 Å². The smallest absolute Gasteiger partial charge is 0.202 e. The lowest BCUT2D eigenvalue weighted by Crippen LogP contribution is -2.36. The normalized spacial score (nSPS) is 20.6. The molecule has 0 bridgehead atoms. The molecule has 108 valence electrons. The number of fused-ring (bicyclic) bond motifs is 1. The fraction of sp³-hybridized carbons (Fsp3) is 0.188. The molecule has 5 heteroatoms. The molecule has 0 saturated carbocycles. The number of aromatic hydroxyl groups is 1. The van der Waals surface area contributed by atoms with Crippen LogP contribution >= 0.6 is 0 Å². The molecule has 0 fully saturated rings. The summed E-state index contributed by atoms with van der Waals surface area (Å²) in [6.07, 6.45) is -2.13. The molecule has 2 atom stereocenters. The van der Waals surface area contributed by atoms with E-state index in [2.05, 4.69) is 0 Å². The number of phenols is 1. The second-order valence-electron chi connectivity index (χ2n) is 4.77. The number of ketones is 1. The predicted octanol–water partition coefficient (Wildman–Crippen LogP) is 2.08. The summed E-state index contributed by atoms with van der Waals surface area (Å²) in [5.41, 5.74) is 0.865. The largest absolute Gasteiger partial charge is 0.508 e. The lowest BCUT2D eigenvalue weighted by Gasteiger charge is -2.30. The Balaban J connectivity index is 2.04. The number of Topliss-reactive ketones (excluding diaryl/α,β-unsaturated/α-hetero) is 1. The molecule has 2 aromatic carbocycles. The number of rotatable bonds is 2. The molecular weight excluding hydrogens is 272 g/mol. The number of hydrogen-bond acceptors (Lipinski definition) is 5. The summed E-state index contributed by atoms with van der Waals surface area (Å²) in [6, 6.07) is 11.2. The van der Waals surface area contributed by atoms with Gasteiger partial charge in [-0.15, -0.1) is 0 Å². The van der Waals surface area contributed by atoms with E-state index in [4.69, 9.17) is 9.47 Å². The van der Waals surface area contributed by atoms with Gasteiger partial charge in [0.2, 0.25) is 5.78 Å². The van der Waals surface area contributed by atoms with E-state index in [0.717, 1.165) is 0 Å². The van der Waals surface area contributed by atoms with Gasteiger partial charge in [-0.05, 0) is 29.8 Å². The first kappa shape index (κ1) is 13.5. The van der Waals surface area contributed by atoms with Crippen molar-refractivity contribution in [3.63, 3.8) is 0 Å². The number of methoxy groups -OCH3 is 1. The van der Waals surface area contributed by atoms with Crippen molar-refractivity contribution in [3.8, 4) is 17.2 Å². The van der Waals surface area contributed by atoms with Crippen LogP contribution in [0.3, 0.4) is 0 Å². The van der Waals surface area contributed by atoms with Gasteiger partial charge in [-0.25, -0.2) is 0 Å². The number of aliphatic hydroxyl groups excluding tert-OH is 1. The number of phenolic OH excluding ortho intramolecular Hbond substituents is 1. The molecule has 3 rings (SSSR count). The van der Waals surface area contributed by atoms with E-state index >= 15 is 0 Å². The molecule has 21 heavy (non-hydrogen) atoms. The van der Waals surface area contributed by atoms with Crippen LogP contribution in [-0.4, -0.2) is 29.2 Å². The Labute approximate surface area is 121 Å². The minimum atomic E-state index is -1.32. The summed E-state index contributed by atoms with van der Waals surface area (Å²) in [4.78, 5) is 12.4. The third-order valence-electron chi connectivity index (χ3n) is 3.49. The van der Waals surface area contributed by atoms with Gasteiger partial charge in [0.05, 0.1) is 7.11 Å². The van der Waals surface area contributed by atoms with Crippen LogP contribution < -0.4 is 9.47 Å². The van der Waals surface area contributed by atoms with Crippen molar-refractivity contribution in [1.82, 2.24) is 0 Å². The second kappa shape index (κ2) is 5.10. The highest BCUT2D eigenvalue weighted by Crippen LogP contribution is 2.39. The number of aliphatic hydroxyl groups is 1. The Hall–Kier alpha value is -2.53. The lowest BCUT2D eigenvalue weighted by molar-refractivity contribution is 0.0211. The van der Waals surface area contributed by atoms with Crippen molar-refractivity contribution < 1.29 is 24.5 Å². The topological polar surface area (TPSA) is 76.0 Å². The summed E-state index contributed by atoms with van der Waals surface area (Å²) < 4.78 is 10.9. The van der Waals surface area contributed by atoms with Gasteiger partial charge in [0.15, 0.2) is 12.2 Å². The number of ether oxygens (including phenoxy) is 2.